The molecule has 2 unspecified atom stereocenters. The second-order valence-electron chi connectivity index (χ2n) is 4.01. The van der Waals surface area contributed by atoms with Gasteiger partial charge in [-0.3, -0.25) is 0 Å². The molecular weight excluding hydrogens is 152 g/mol. The van der Waals surface area contributed by atoms with E-state index in [-0.39, 0.29) is 0 Å². The summed E-state index contributed by atoms with van der Waals surface area (Å²) in [5.41, 5.74) is -0.552. The van der Waals surface area contributed by atoms with Crippen LogP contribution in [0.3, 0.4) is 0 Å². The molecule has 0 spiro atoms. The summed E-state index contributed by atoms with van der Waals surface area (Å²) < 4.78 is 5.08. The molecule has 1 rings (SSSR count). The van der Waals surface area contributed by atoms with Crippen LogP contribution in [0.4, 0.5) is 0 Å². The molecule has 1 N–H and O–H groups in total. The molecule has 1 aliphatic carbocycles. The number of aliphatic hydroxyl groups is 1. The first-order valence-electron chi connectivity index (χ1n) is 4.86. The maximum Gasteiger partial charge on any atom is 0.0933 e. The van der Waals surface area contributed by atoms with Gasteiger partial charge in [0.1, 0.15) is 0 Å². The van der Waals surface area contributed by atoms with Crippen LogP contribution in [0.1, 0.15) is 33.1 Å². The Morgan fingerprint density at radius 1 is 1.58 bits per heavy atom. The maximum atomic E-state index is 10.3. The third-order valence-corrected chi connectivity index (χ3v) is 3.13. The van der Waals surface area contributed by atoms with Gasteiger partial charge in [-0.1, -0.05) is 20.3 Å². The summed E-state index contributed by atoms with van der Waals surface area (Å²) >= 11 is 0. The standard InChI is InChI=1S/C10H20O2/c1-4-8(2)10(11,7-12-3)9-5-6-9/h8-9,11H,4-7H2,1-3H3. The Hall–Kier alpha value is -0.0800. The van der Waals surface area contributed by atoms with Gasteiger partial charge in [0.25, 0.3) is 0 Å². The Morgan fingerprint density at radius 3 is 2.50 bits per heavy atom. The fourth-order valence-electron chi connectivity index (χ4n) is 1.83. The molecule has 1 fully saturated rings. The van der Waals surface area contributed by atoms with E-state index in [1.54, 1.807) is 7.11 Å². The van der Waals surface area contributed by atoms with E-state index in [1.807, 2.05) is 0 Å². The summed E-state index contributed by atoms with van der Waals surface area (Å²) in [6.07, 6.45) is 3.37. The van der Waals surface area contributed by atoms with E-state index in [0.717, 1.165) is 6.42 Å². The van der Waals surface area contributed by atoms with Gasteiger partial charge in [-0.2, -0.15) is 0 Å². The summed E-state index contributed by atoms with van der Waals surface area (Å²) in [6, 6.07) is 0. The molecule has 0 aromatic heterocycles. The minimum absolute atomic E-state index is 0.352. The number of rotatable bonds is 5. The topological polar surface area (TPSA) is 29.5 Å². The molecule has 2 nitrogen and oxygen atoms in total. The summed E-state index contributed by atoms with van der Waals surface area (Å²) in [4.78, 5) is 0. The van der Waals surface area contributed by atoms with Crippen LogP contribution in [0.5, 0.6) is 0 Å². The zero-order valence-corrected chi connectivity index (χ0v) is 8.34. The monoisotopic (exact) mass is 172 g/mol. The van der Waals surface area contributed by atoms with E-state index in [4.69, 9.17) is 4.74 Å². The molecule has 0 bridgehead atoms. The van der Waals surface area contributed by atoms with Crippen molar-refractivity contribution in [1.82, 2.24) is 0 Å². The molecule has 2 heteroatoms. The van der Waals surface area contributed by atoms with Gasteiger partial charge in [-0.05, 0) is 24.7 Å². The molecular formula is C10H20O2. The van der Waals surface area contributed by atoms with Gasteiger partial charge in [-0.25, -0.2) is 0 Å². The van der Waals surface area contributed by atoms with Crippen LogP contribution >= 0.6 is 0 Å². The SMILES string of the molecule is CCC(C)C(O)(COC)C1CC1. The van der Waals surface area contributed by atoms with Crippen molar-refractivity contribution < 1.29 is 9.84 Å². The number of hydrogen-bond donors (Lipinski definition) is 1. The fraction of sp³-hybridized carbons (Fsp3) is 1.00. The first-order valence-corrected chi connectivity index (χ1v) is 4.86. The van der Waals surface area contributed by atoms with Crippen LogP contribution in [0.15, 0.2) is 0 Å². The van der Waals surface area contributed by atoms with E-state index in [9.17, 15) is 5.11 Å². The predicted molar refractivity (Wildman–Crippen MR) is 49.0 cm³/mol. The van der Waals surface area contributed by atoms with Gasteiger partial charge >= 0.3 is 0 Å². The molecule has 0 amide bonds. The van der Waals surface area contributed by atoms with E-state index in [2.05, 4.69) is 13.8 Å². The Labute approximate surface area is 74.9 Å². The van der Waals surface area contributed by atoms with Gasteiger partial charge in [0.15, 0.2) is 0 Å². The first-order chi connectivity index (χ1) is 5.65. The quantitative estimate of drug-likeness (QED) is 0.685. The summed E-state index contributed by atoms with van der Waals surface area (Å²) in [5.74, 6) is 0.845. The van der Waals surface area contributed by atoms with E-state index in [0.29, 0.717) is 18.4 Å². The molecule has 2 atom stereocenters. The molecule has 0 aromatic rings. The number of methoxy groups -OCH3 is 1. The van der Waals surface area contributed by atoms with Crippen LogP contribution in [0.25, 0.3) is 0 Å². The minimum atomic E-state index is -0.552. The van der Waals surface area contributed by atoms with Crippen LogP contribution in [0, 0.1) is 11.8 Å². The Bertz CT molecular complexity index is 143. The van der Waals surface area contributed by atoms with Gasteiger partial charge < -0.3 is 9.84 Å². The van der Waals surface area contributed by atoms with Gasteiger partial charge in [0.05, 0.1) is 12.2 Å². The average molecular weight is 172 g/mol. The second kappa shape index (κ2) is 3.75. The molecule has 0 saturated heterocycles. The minimum Gasteiger partial charge on any atom is -0.387 e. The van der Waals surface area contributed by atoms with Crippen molar-refractivity contribution >= 4 is 0 Å². The summed E-state index contributed by atoms with van der Waals surface area (Å²) in [6.45, 7) is 4.72. The normalized spacial score (nSPS) is 25.0. The molecule has 0 aliphatic heterocycles. The van der Waals surface area contributed by atoms with Crippen molar-refractivity contribution in [2.75, 3.05) is 13.7 Å². The smallest absolute Gasteiger partial charge is 0.0933 e. The maximum absolute atomic E-state index is 10.3. The van der Waals surface area contributed by atoms with E-state index in [1.165, 1.54) is 12.8 Å². The third-order valence-electron chi connectivity index (χ3n) is 3.13. The average Bonchev–Trinajstić information content (AvgIpc) is 2.85. The van der Waals surface area contributed by atoms with Crippen molar-refractivity contribution in [3.8, 4) is 0 Å². The Kier molecular flexibility index (Phi) is 3.13. The van der Waals surface area contributed by atoms with Crippen molar-refractivity contribution in [3.63, 3.8) is 0 Å². The van der Waals surface area contributed by atoms with Gasteiger partial charge in [0.2, 0.25) is 0 Å². The third kappa shape index (κ3) is 1.80. The lowest BCUT2D eigenvalue weighted by atomic mass is 9.83. The first kappa shape index (κ1) is 10.0. The number of hydrogen-bond acceptors (Lipinski definition) is 2. The predicted octanol–water partition coefficient (Wildman–Crippen LogP) is 1.82. The van der Waals surface area contributed by atoms with E-state index >= 15 is 0 Å². The van der Waals surface area contributed by atoms with E-state index < -0.39 is 5.60 Å². The van der Waals surface area contributed by atoms with Crippen LogP contribution < -0.4 is 0 Å². The highest BCUT2D eigenvalue weighted by molar-refractivity contribution is 4.97. The molecule has 0 heterocycles. The largest absolute Gasteiger partial charge is 0.387 e. The lowest BCUT2D eigenvalue weighted by Crippen LogP contribution is -2.43. The lowest BCUT2D eigenvalue weighted by molar-refractivity contribution is -0.0864. The van der Waals surface area contributed by atoms with Gasteiger partial charge in [0, 0.05) is 7.11 Å². The molecule has 0 radical (unpaired) electrons. The van der Waals surface area contributed by atoms with Gasteiger partial charge in [-0.15, -0.1) is 0 Å². The van der Waals surface area contributed by atoms with Crippen LogP contribution in [-0.4, -0.2) is 24.4 Å². The zero-order valence-electron chi connectivity index (χ0n) is 8.34. The van der Waals surface area contributed by atoms with Crippen LogP contribution in [0.2, 0.25) is 0 Å². The highest BCUT2D eigenvalue weighted by Crippen LogP contribution is 2.44. The van der Waals surface area contributed by atoms with Crippen molar-refractivity contribution in [2.45, 2.75) is 38.7 Å². The Balaban J connectivity index is 2.56. The molecule has 1 aliphatic rings. The molecule has 12 heavy (non-hydrogen) atoms. The zero-order chi connectivity index (χ0) is 9.19. The summed E-state index contributed by atoms with van der Waals surface area (Å²) in [7, 11) is 1.66. The fourth-order valence-corrected chi connectivity index (χ4v) is 1.83. The van der Waals surface area contributed by atoms with Crippen molar-refractivity contribution in [1.29, 1.82) is 0 Å². The van der Waals surface area contributed by atoms with Crippen LogP contribution in [-0.2, 0) is 4.74 Å². The number of ether oxygens (including phenoxy) is 1. The molecule has 0 aromatic carbocycles. The van der Waals surface area contributed by atoms with Crippen molar-refractivity contribution in [2.24, 2.45) is 11.8 Å². The highest BCUT2D eigenvalue weighted by Gasteiger charge is 2.46. The summed E-state index contributed by atoms with van der Waals surface area (Å²) in [5, 5.41) is 10.3. The Morgan fingerprint density at radius 2 is 2.17 bits per heavy atom. The van der Waals surface area contributed by atoms with Crippen molar-refractivity contribution in [3.05, 3.63) is 0 Å². The second-order valence-corrected chi connectivity index (χ2v) is 4.01. The molecule has 1 saturated carbocycles. The lowest BCUT2D eigenvalue weighted by Gasteiger charge is -2.33. The highest BCUT2D eigenvalue weighted by atomic mass is 16.5. The molecule has 72 valence electrons.